The van der Waals surface area contributed by atoms with Crippen molar-refractivity contribution in [2.75, 3.05) is 5.12 Å². The fraction of sp³-hybridized carbons (Fsp3) is 0. The molecular formula is C11H13N5+2. The lowest BCUT2D eigenvalue weighted by molar-refractivity contribution is -0.893. The van der Waals surface area contributed by atoms with Crippen LogP contribution in [0.4, 0.5) is 0 Å². The van der Waals surface area contributed by atoms with Gasteiger partial charge in [-0.15, -0.1) is 0 Å². The second-order valence-electron chi connectivity index (χ2n) is 3.19. The van der Waals surface area contributed by atoms with E-state index in [1.807, 2.05) is 61.2 Å². The molecule has 0 saturated carbocycles. The molecule has 0 fully saturated rings. The number of hydrogen-bond donors (Lipinski definition) is 2. The first-order chi connectivity index (χ1) is 7.79. The average Bonchev–Trinajstić information content (AvgIpc) is 2.31. The molecule has 16 heavy (non-hydrogen) atoms. The van der Waals surface area contributed by atoms with E-state index < -0.39 is 0 Å². The Morgan fingerprint density at radius 1 is 0.812 bits per heavy atom. The predicted molar refractivity (Wildman–Crippen MR) is 58.8 cm³/mol. The maximum absolute atomic E-state index is 7.59. The van der Waals surface area contributed by atoms with Gasteiger partial charge in [0.25, 0.3) is 0 Å². The summed E-state index contributed by atoms with van der Waals surface area (Å²) >= 11 is 0. The van der Waals surface area contributed by atoms with Gasteiger partial charge in [-0.05, 0) is 9.35 Å². The first-order valence-electron chi connectivity index (χ1n) is 4.86. The van der Waals surface area contributed by atoms with Crippen LogP contribution in [0.5, 0.6) is 0 Å². The zero-order valence-corrected chi connectivity index (χ0v) is 8.69. The third kappa shape index (κ3) is 1.98. The van der Waals surface area contributed by atoms with Crippen LogP contribution in [-0.2, 0) is 0 Å². The molecule has 5 nitrogen and oxygen atoms in total. The number of aromatic nitrogens is 2. The Hall–Kier alpha value is -2.43. The Kier molecular flexibility index (Phi) is 2.77. The number of nitrogens with zero attached hydrogens (tertiary/aromatic N) is 3. The summed E-state index contributed by atoms with van der Waals surface area (Å²) in [5.74, 6) is -0.0626. The molecule has 3 N–H and O–H groups in total. The smallest absolute Gasteiger partial charge is 0.318 e. The molecule has 0 aliphatic carbocycles. The summed E-state index contributed by atoms with van der Waals surface area (Å²) in [6.45, 7) is 0. The number of nitrogens with two attached hydrogens (primary N) is 1. The van der Waals surface area contributed by atoms with Crippen molar-refractivity contribution in [2.45, 2.75) is 0 Å². The predicted octanol–water partition coefficient (Wildman–Crippen LogP) is -0.444. The van der Waals surface area contributed by atoms with E-state index in [1.165, 1.54) is 5.12 Å². The van der Waals surface area contributed by atoms with Crippen LogP contribution in [0.15, 0.2) is 61.2 Å². The minimum absolute atomic E-state index is 0.0626. The van der Waals surface area contributed by atoms with Crippen LogP contribution in [0.3, 0.4) is 0 Å². The van der Waals surface area contributed by atoms with Crippen molar-refractivity contribution >= 4 is 5.96 Å². The lowest BCUT2D eigenvalue weighted by atomic mass is 10.5. The van der Waals surface area contributed by atoms with Crippen LogP contribution in [0, 0.1) is 5.41 Å². The van der Waals surface area contributed by atoms with Crippen LogP contribution in [0.25, 0.3) is 0 Å². The molecule has 80 valence electrons. The Bertz CT molecular complexity index is 429. The van der Waals surface area contributed by atoms with Gasteiger partial charge >= 0.3 is 5.96 Å². The number of hydrogen-bond acceptors (Lipinski definition) is 1. The van der Waals surface area contributed by atoms with Crippen molar-refractivity contribution in [1.82, 2.24) is 0 Å². The third-order valence-corrected chi connectivity index (χ3v) is 2.05. The molecule has 5 heteroatoms. The molecule has 0 atom stereocenters. The minimum atomic E-state index is -0.0626. The lowest BCUT2D eigenvalue weighted by Gasteiger charge is -2.07. The fourth-order valence-corrected chi connectivity index (χ4v) is 1.40. The monoisotopic (exact) mass is 215 g/mol. The molecule has 0 radical (unpaired) electrons. The van der Waals surface area contributed by atoms with Crippen LogP contribution in [0.2, 0.25) is 0 Å². The summed E-state index contributed by atoms with van der Waals surface area (Å²) in [6.07, 6.45) is 7.28. The quantitative estimate of drug-likeness (QED) is 0.405. The molecule has 2 aromatic heterocycles. The molecule has 0 saturated heterocycles. The van der Waals surface area contributed by atoms with Crippen molar-refractivity contribution in [3.63, 3.8) is 0 Å². The molecular weight excluding hydrogens is 202 g/mol. The van der Waals surface area contributed by atoms with Gasteiger partial charge < -0.3 is 5.73 Å². The van der Waals surface area contributed by atoms with Gasteiger partial charge in [-0.1, -0.05) is 12.1 Å². The summed E-state index contributed by atoms with van der Waals surface area (Å²) in [5.41, 5.74) is 5.57. The highest BCUT2D eigenvalue weighted by molar-refractivity contribution is 5.80. The highest BCUT2D eigenvalue weighted by Crippen LogP contribution is 1.81. The van der Waals surface area contributed by atoms with Gasteiger partial charge in [0.2, 0.25) is 24.8 Å². The third-order valence-electron chi connectivity index (χ3n) is 2.05. The first-order valence-corrected chi connectivity index (χ1v) is 4.86. The maximum Gasteiger partial charge on any atom is 0.318 e. The largest absolute Gasteiger partial charge is 0.360 e. The van der Waals surface area contributed by atoms with Crippen molar-refractivity contribution in [1.29, 1.82) is 5.41 Å². The van der Waals surface area contributed by atoms with Crippen LogP contribution in [0.1, 0.15) is 0 Å². The Morgan fingerprint density at radius 3 is 1.50 bits per heavy atom. The summed E-state index contributed by atoms with van der Waals surface area (Å²) in [5, 5.41) is 9.12. The van der Waals surface area contributed by atoms with Crippen LogP contribution < -0.4 is 20.2 Å². The molecule has 2 rings (SSSR count). The molecule has 0 bridgehead atoms. The van der Waals surface area contributed by atoms with E-state index in [2.05, 4.69) is 0 Å². The first kappa shape index (κ1) is 10.1. The average molecular weight is 215 g/mol. The van der Waals surface area contributed by atoms with E-state index in [9.17, 15) is 0 Å². The molecule has 0 unspecified atom stereocenters. The van der Waals surface area contributed by atoms with Gasteiger partial charge in [-0.25, -0.2) is 0 Å². The topological polar surface area (TPSA) is 60.9 Å². The lowest BCUT2D eigenvalue weighted by Crippen LogP contribution is -2.77. The van der Waals surface area contributed by atoms with Crippen molar-refractivity contribution in [3.05, 3.63) is 61.2 Å². The van der Waals surface area contributed by atoms with E-state index in [0.29, 0.717) is 0 Å². The van der Waals surface area contributed by atoms with Gasteiger partial charge in [0, 0.05) is 24.3 Å². The van der Waals surface area contributed by atoms with Crippen molar-refractivity contribution in [2.24, 2.45) is 5.73 Å². The van der Waals surface area contributed by atoms with Crippen molar-refractivity contribution < 1.29 is 9.35 Å². The fourth-order valence-electron chi connectivity index (χ4n) is 1.40. The van der Waals surface area contributed by atoms with Gasteiger partial charge in [0.15, 0.2) is 0 Å². The number of rotatable bonds is 2. The SMILES string of the molecule is N=C(N)N([n+]1ccccc1)[n+]1ccccc1. The normalized spacial score (nSPS) is 9.75. The molecule has 0 aromatic carbocycles. The van der Waals surface area contributed by atoms with E-state index >= 15 is 0 Å². The molecule has 0 amide bonds. The molecule has 2 aromatic rings. The Labute approximate surface area is 93.4 Å². The second-order valence-corrected chi connectivity index (χ2v) is 3.19. The van der Waals surface area contributed by atoms with Crippen LogP contribution in [-0.4, -0.2) is 5.96 Å². The summed E-state index contributed by atoms with van der Waals surface area (Å²) < 4.78 is 3.45. The molecule has 0 spiro atoms. The van der Waals surface area contributed by atoms with E-state index in [4.69, 9.17) is 11.1 Å². The molecule has 0 aliphatic rings. The van der Waals surface area contributed by atoms with Crippen molar-refractivity contribution in [3.8, 4) is 0 Å². The van der Waals surface area contributed by atoms with Crippen LogP contribution >= 0.6 is 0 Å². The zero-order valence-electron chi connectivity index (χ0n) is 8.69. The minimum Gasteiger partial charge on any atom is -0.360 e. The standard InChI is InChI=1S/C11H13N5/c12-11(13)16(14-7-3-1-4-8-14)15-9-5-2-6-10-15/h1-10H,(H3,12,13)/q+2. The van der Waals surface area contributed by atoms with E-state index in [-0.39, 0.29) is 5.96 Å². The summed E-state index contributed by atoms with van der Waals surface area (Å²) in [4.78, 5) is 0. The number of pyridine rings is 2. The van der Waals surface area contributed by atoms with Gasteiger partial charge in [-0.3, -0.25) is 5.41 Å². The molecule has 0 aliphatic heterocycles. The highest BCUT2D eigenvalue weighted by atomic mass is 15.8. The summed E-state index contributed by atoms with van der Waals surface area (Å²) in [6, 6.07) is 11.3. The molecule has 2 heterocycles. The number of guanidine groups is 1. The van der Waals surface area contributed by atoms with E-state index in [0.717, 1.165) is 0 Å². The van der Waals surface area contributed by atoms with Gasteiger partial charge in [0.05, 0.1) is 0 Å². The van der Waals surface area contributed by atoms with Gasteiger partial charge in [-0.2, -0.15) is 0 Å². The zero-order chi connectivity index (χ0) is 11.4. The number of nitrogens with one attached hydrogen (secondary N) is 1. The van der Waals surface area contributed by atoms with E-state index in [1.54, 1.807) is 9.35 Å². The summed E-state index contributed by atoms with van der Waals surface area (Å²) in [7, 11) is 0. The highest BCUT2D eigenvalue weighted by Gasteiger charge is 2.25. The maximum atomic E-state index is 7.59. The van der Waals surface area contributed by atoms with Gasteiger partial charge in [0.1, 0.15) is 5.12 Å². The Balaban J connectivity index is 2.44. The second kappa shape index (κ2) is 4.39. The Morgan fingerprint density at radius 2 is 1.19 bits per heavy atom.